The largest absolute Gasteiger partial charge is 0.463 e. The van der Waals surface area contributed by atoms with E-state index in [4.69, 9.17) is 23.7 Å². The maximum absolute atomic E-state index is 12.7. The lowest BCUT2D eigenvalue weighted by Gasteiger charge is -2.44. The van der Waals surface area contributed by atoms with Crippen LogP contribution in [-0.4, -0.2) is 72.9 Å². The highest BCUT2D eigenvalue weighted by Gasteiger charge is 2.52. The minimum Gasteiger partial charge on any atom is -0.463 e. The van der Waals surface area contributed by atoms with Crippen LogP contribution >= 0.6 is 0 Å². The van der Waals surface area contributed by atoms with Crippen LogP contribution in [0.3, 0.4) is 0 Å². The molecule has 0 unspecified atom stereocenters. The highest BCUT2D eigenvalue weighted by molar-refractivity contribution is 5.83. The van der Waals surface area contributed by atoms with Gasteiger partial charge in [0.1, 0.15) is 12.7 Å². The number of carbonyl (C=O) groups is 6. The van der Waals surface area contributed by atoms with Crippen LogP contribution in [0.2, 0.25) is 0 Å². The maximum Gasteiger partial charge on any atom is 0.303 e. The summed E-state index contributed by atoms with van der Waals surface area (Å²) < 4.78 is 26.7. The van der Waals surface area contributed by atoms with Crippen molar-refractivity contribution in [2.45, 2.75) is 77.7 Å². The van der Waals surface area contributed by atoms with Crippen molar-refractivity contribution >= 4 is 35.7 Å². The van der Waals surface area contributed by atoms with Crippen LogP contribution in [0.25, 0.3) is 0 Å². The van der Waals surface area contributed by atoms with E-state index in [1.807, 2.05) is 30.3 Å². The predicted molar refractivity (Wildman–Crippen MR) is 128 cm³/mol. The average Bonchev–Trinajstić information content (AvgIpc) is 2.83. The molecule has 1 aliphatic rings. The molecule has 38 heavy (non-hydrogen) atoms. The van der Waals surface area contributed by atoms with Gasteiger partial charge in [0.2, 0.25) is 11.8 Å². The molecule has 0 bridgehead atoms. The zero-order valence-corrected chi connectivity index (χ0v) is 21.6. The lowest BCUT2D eigenvalue weighted by molar-refractivity contribution is -0.257. The summed E-state index contributed by atoms with van der Waals surface area (Å²) in [6.45, 7) is 4.30. The van der Waals surface area contributed by atoms with Crippen molar-refractivity contribution in [2.75, 3.05) is 6.61 Å². The molecule has 13 nitrogen and oxygen atoms in total. The Labute approximate surface area is 219 Å². The molecule has 1 saturated heterocycles. The summed E-state index contributed by atoms with van der Waals surface area (Å²) in [5.41, 5.74) is 0.891. The molecule has 5 atom stereocenters. The highest BCUT2D eigenvalue weighted by Crippen LogP contribution is 2.28. The number of benzene rings is 1. The van der Waals surface area contributed by atoms with E-state index < -0.39 is 67.0 Å². The molecule has 0 spiro atoms. The smallest absolute Gasteiger partial charge is 0.303 e. The Morgan fingerprint density at radius 1 is 0.737 bits per heavy atom. The van der Waals surface area contributed by atoms with Gasteiger partial charge in [0.05, 0.1) is 0 Å². The normalized spacial score (nSPS) is 22.4. The zero-order chi connectivity index (χ0) is 28.2. The second-order valence-electron chi connectivity index (χ2n) is 8.45. The Morgan fingerprint density at radius 3 is 1.87 bits per heavy atom. The summed E-state index contributed by atoms with van der Waals surface area (Å²) in [5, 5.41) is 5.21. The lowest BCUT2D eigenvalue weighted by atomic mass is 9.97. The second kappa shape index (κ2) is 14.7. The van der Waals surface area contributed by atoms with Gasteiger partial charge in [0.15, 0.2) is 24.5 Å². The Bertz CT molecular complexity index is 1010. The van der Waals surface area contributed by atoms with E-state index in [1.54, 1.807) is 0 Å². The van der Waals surface area contributed by atoms with Gasteiger partial charge in [-0.1, -0.05) is 30.3 Å². The fourth-order valence-corrected chi connectivity index (χ4v) is 3.69. The molecular formula is C25H32N2O11. The van der Waals surface area contributed by atoms with E-state index in [0.717, 1.165) is 33.3 Å². The standard InChI is InChI=1S/C25H32N2O11/c1-14(28)34-13-19-22(35-15(2)29)23(36-16(3)30)24(37-17(4)31)25(38-19)27-21(33)11-10-20(32)26-12-18-8-6-5-7-9-18/h5-9,19,22-25H,10-13H2,1-4H3,(H,26,32)(H,27,33)/t19-,22-,23+,24-,25-/m1/s1. The number of ether oxygens (including phenoxy) is 5. The van der Waals surface area contributed by atoms with Gasteiger partial charge in [-0.05, 0) is 5.56 Å². The Morgan fingerprint density at radius 2 is 1.29 bits per heavy atom. The minimum absolute atomic E-state index is 0.149. The van der Waals surface area contributed by atoms with Gasteiger partial charge >= 0.3 is 23.9 Å². The van der Waals surface area contributed by atoms with Gasteiger partial charge < -0.3 is 34.3 Å². The molecule has 208 valence electrons. The summed E-state index contributed by atoms with van der Waals surface area (Å²) in [5.74, 6) is -4.03. The van der Waals surface area contributed by atoms with E-state index in [1.165, 1.54) is 0 Å². The number of hydrogen-bond acceptors (Lipinski definition) is 11. The molecule has 13 heteroatoms. The first-order valence-corrected chi connectivity index (χ1v) is 11.9. The fourth-order valence-electron chi connectivity index (χ4n) is 3.69. The summed E-state index contributed by atoms with van der Waals surface area (Å²) in [7, 11) is 0. The van der Waals surface area contributed by atoms with E-state index in [0.29, 0.717) is 6.54 Å². The van der Waals surface area contributed by atoms with E-state index >= 15 is 0 Å². The van der Waals surface area contributed by atoms with Crippen molar-refractivity contribution in [3.63, 3.8) is 0 Å². The number of nitrogens with one attached hydrogen (secondary N) is 2. The average molecular weight is 537 g/mol. The molecule has 1 fully saturated rings. The monoisotopic (exact) mass is 536 g/mol. The van der Waals surface area contributed by atoms with E-state index in [2.05, 4.69) is 10.6 Å². The van der Waals surface area contributed by atoms with Crippen molar-refractivity contribution in [2.24, 2.45) is 0 Å². The molecule has 1 aromatic carbocycles. The van der Waals surface area contributed by atoms with Gasteiger partial charge in [0, 0.05) is 47.1 Å². The van der Waals surface area contributed by atoms with E-state index in [9.17, 15) is 28.8 Å². The van der Waals surface area contributed by atoms with Crippen LogP contribution < -0.4 is 10.6 Å². The van der Waals surface area contributed by atoms with Crippen LogP contribution in [0.15, 0.2) is 30.3 Å². The van der Waals surface area contributed by atoms with Crippen molar-refractivity contribution in [1.82, 2.24) is 10.6 Å². The van der Waals surface area contributed by atoms with Crippen LogP contribution in [0.4, 0.5) is 0 Å². The molecule has 2 N–H and O–H groups in total. The number of rotatable bonds is 11. The van der Waals surface area contributed by atoms with Gasteiger partial charge in [-0.3, -0.25) is 28.8 Å². The Hall–Kier alpha value is -4.00. The first-order valence-electron chi connectivity index (χ1n) is 11.9. The third-order valence-electron chi connectivity index (χ3n) is 5.21. The van der Waals surface area contributed by atoms with Crippen LogP contribution in [0, 0.1) is 0 Å². The summed E-state index contributed by atoms with van der Waals surface area (Å²) >= 11 is 0. The van der Waals surface area contributed by atoms with Gasteiger partial charge in [0.25, 0.3) is 0 Å². The molecule has 2 amide bonds. The molecule has 0 aromatic heterocycles. The number of amides is 2. The molecule has 1 aromatic rings. The van der Waals surface area contributed by atoms with Crippen molar-refractivity contribution < 1.29 is 52.5 Å². The minimum atomic E-state index is -1.43. The van der Waals surface area contributed by atoms with Crippen molar-refractivity contribution in [1.29, 1.82) is 0 Å². The Kier molecular flexibility index (Phi) is 11.7. The van der Waals surface area contributed by atoms with Crippen LogP contribution in [0.5, 0.6) is 0 Å². The SMILES string of the molecule is CC(=O)OC[C@H]1O[C@@H](NC(=O)CCC(=O)NCc2ccccc2)[C@H](OC(C)=O)[C@@H](OC(C)=O)[C@@H]1OC(C)=O. The predicted octanol–water partition coefficient (Wildman–Crippen LogP) is 0.282. The van der Waals surface area contributed by atoms with Crippen molar-refractivity contribution in [3.05, 3.63) is 35.9 Å². The van der Waals surface area contributed by atoms with Crippen LogP contribution in [0.1, 0.15) is 46.1 Å². The molecule has 2 rings (SSSR count). The first kappa shape index (κ1) is 30.2. The third kappa shape index (κ3) is 10.2. The molecular weight excluding hydrogens is 504 g/mol. The first-order chi connectivity index (χ1) is 18.0. The van der Waals surface area contributed by atoms with Crippen LogP contribution in [-0.2, 0) is 59.0 Å². The lowest BCUT2D eigenvalue weighted by Crippen LogP contribution is -2.66. The second-order valence-corrected chi connectivity index (χ2v) is 8.45. The zero-order valence-electron chi connectivity index (χ0n) is 21.6. The maximum atomic E-state index is 12.7. The van der Waals surface area contributed by atoms with Gasteiger partial charge in [-0.25, -0.2) is 0 Å². The highest BCUT2D eigenvalue weighted by atomic mass is 16.7. The molecule has 0 aliphatic carbocycles. The summed E-state index contributed by atoms with van der Waals surface area (Å²) in [4.78, 5) is 71.7. The number of carbonyl (C=O) groups excluding carboxylic acids is 6. The quantitative estimate of drug-likeness (QED) is 0.294. The summed E-state index contributed by atoms with van der Waals surface area (Å²) in [6.07, 6.45) is -7.15. The molecule has 0 radical (unpaired) electrons. The summed E-state index contributed by atoms with van der Waals surface area (Å²) in [6, 6.07) is 9.21. The van der Waals surface area contributed by atoms with Gasteiger partial charge in [-0.15, -0.1) is 0 Å². The van der Waals surface area contributed by atoms with E-state index in [-0.39, 0.29) is 18.7 Å². The van der Waals surface area contributed by atoms with Crippen molar-refractivity contribution in [3.8, 4) is 0 Å². The molecule has 1 heterocycles. The third-order valence-corrected chi connectivity index (χ3v) is 5.21. The Balaban J connectivity index is 2.15. The number of esters is 4. The molecule has 0 saturated carbocycles. The molecule has 1 aliphatic heterocycles. The fraction of sp³-hybridized carbons (Fsp3) is 0.520. The van der Waals surface area contributed by atoms with Gasteiger partial charge in [-0.2, -0.15) is 0 Å². The topological polar surface area (TPSA) is 173 Å². The number of hydrogen-bond donors (Lipinski definition) is 2.